The minimum absolute atomic E-state index is 0.586. The van der Waals surface area contributed by atoms with Crippen LogP contribution in [0, 0.1) is 0 Å². The Morgan fingerprint density at radius 3 is 3.11 bits per heavy atom. The summed E-state index contributed by atoms with van der Waals surface area (Å²) in [5.41, 5.74) is 0.954. The van der Waals surface area contributed by atoms with E-state index in [1.165, 1.54) is 0 Å². The van der Waals surface area contributed by atoms with Gasteiger partial charge in [-0.1, -0.05) is 12.1 Å². The van der Waals surface area contributed by atoms with Gasteiger partial charge >= 0.3 is 0 Å². The Balaban J connectivity index is 2.09. The number of rotatable bonds is 4. The van der Waals surface area contributed by atoms with Gasteiger partial charge in [-0.15, -0.1) is 0 Å². The van der Waals surface area contributed by atoms with Crippen LogP contribution in [0.25, 0.3) is 10.8 Å². The molecule has 5 heteroatoms. The number of thiocarbonyl (C=S) groups is 1. The van der Waals surface area contributed by atoms with Crippen molar-refractivity contribution in [3.8, 4) is 0 Å². The summed E-state index contributed by atoms with van der Waals surface area (Å²) < 4.78 is 4.95. The first-order chi connectivity index (χ1) is 8.81. The fourth-order valence-corrected chi connectivity index (χ4v) is 1.87. The lowest BCUT2D eigenvalue weighted by Gasteiger charge is -2.11. The van der Waals surface area contributed by atoms with Crippen molar-refractivity contribution in [1.82, 2.24) is 10.3 Å². The molecule has 0 saturated heterocycles. The number of benzene rings is 1. The molecule has 94 valence electrons. The molecular formula is C13H15N3OS. The molecule has 0 atom stereocenters. The fourth-order valence-electron chi connectivity index (χ4n) is 1.66. The summed E-state index contributed by atoms with van der Waals surface area (Å²) in [4.78, 5) is 4.13. The molecule has 0 aliphatic heterocycles. The van der Waals surface area contributed by atoms with E-state index in [9.17, 15) is 0 Å². The standard InChI is InChI=1S/C13H15N3OS/c1-17-8-7-15-13(18)16-12-4-2-3-10-5-6-14-9-11(10)12/h2-6,9H,7-8H2,1H3,(H2,15,16,18). The lowest BCUT2D eigenvalue weighted by atomic mass is 10.1. The summed E-state index contributed by atoms with van der Waals surface area (Å²) in [6.07, 6.45) is 3.61. The van der Waals surface area contributed by atoms with E-state index in [0.29, 0.717) is 18.3 Å². The van der Waals surface area contributed by atoms with Crippen molar-refractivity contribution < 1.29 is 4.74 Å². The van der Waals surface area contributed by atoms with Crippen LogP contribution in [0.4, 0.5) is 5.69 Å². The van der Waals surface area contributed by atoms with Gasteiger partial charge in [-0.2, -0.15) is 0 Å². The zero-order valence-corrected chi connectivity index (χ0v) is 11.0. The molecule has 0 unspecified atom stereocenters. The van der Waals surface area contributed by atoms with E-state index in [1.54, 1.807) is 13.3 Å². The number of pyridine rings is 1. The predicted molar refractivity (Wildman–Crippen MR) is 77.8 cm³/mol. The van der Waals surface area contributed by atoms with Gasteiger partial charge in [0.1, 0.15) is 0 Å². The first kappa shape index (κ1) is 12.7. The highest BCUT2D eigenvalue weighted by atomic mass is 32.1. The van der Waals surface area contributed by atoms with Crippen LogP contribution in [-0.4, -0.2) is 30.4 Å². The van der Waals surface area contributed by atoms with E-state index in [1.807, 2.05) is 30.5 Å². The van der Waals surface area contributed by atoms with Gasteiger partial charge in [-0.05, 0) is 29.7 Å². The van der Waals surface area contributed by atoms with Crippen molar-refractivity contribution in [3.05, 3.63) is 36.7 Å². The van der Waals surface area contributed by atoms with E-state index in [-0.39, 0.29) is 0 Å². The highest BCUT2D eigenvalue weighted by Crippen LogP contribution is 2.21. The topological polar surface area (TPSA) is 46.2 Å². The van der Waals surface area contributed by atoms with Crippen LogP contribution in [0.1, 0.15) is 0 Å². The molecular weight excluding hydrogens is 246 g/mol. The molecule has 0 aliphatic carbocycles. The molecule has 0 spiro atoms. The van der Waals surface area contributed by atoms with Gasteiger partial charge in [0.2, 0.25) is 0 Å². The van der Waals surface area contributed by atoms with E-state index < -0.39 is 0 Å². The molecule has 0 amide bonds. The Morgan fingerprint density at radius 2 is 2.28 bits per heavy atom. The molecule has 4 nitrogen and oxygen atoms in total. The number of hydrogen-bond donors (Lipinski definition) is 2. The average Bonchev–Trinajstić information content (AvgIpc) is 2.39. The van der Waals surface area contributed by atoms with Crippen LogP contribution in [0.15, 0.2) is 36.7 Å². The number of nitrogens with one attached hydrogen (secondary N) is 2. The molecule has 0 aliphatic rings. The zero-order chi connectivity index (χ0) is 12.8. The number of anilines is 1. The molecule has 18 heavy (non-hydrogen) atoms. The quantitative estimate of drug-likeness (QED) is 0.652. The third kappa shape index (κ3) is 3.15. The predicted octanol–water partition coefficient (Wildman–Crippen LogP) is 2.17. The molecule has 2 N–H and O–H groups in total. The van der Waals surface area contributed by atoms with Crippen LogP contribution in [0.3, 0.4) is 0 Å². The lowest BCUT2D eigenvalue weighted by Crippen LogP contribution is -2.31. The number of hydrogen-bond acceptors (Lipinski definition) is 3. The first-order valence-corrected chi connectivity index (χ1v) is 6.08. The average molecular weight is 261 g/mol. The number of ether oxygens (including phenoxy) is 1. The van der Waals surface area contributed by atoms with E-state index >= 15 is 0 Å². The van der Waals surface area contributed by atoms with Crippen LogP contribution in [-0.2, 0) is 4.74 Å². The summed E-state index contributed by atoms with van der Waals surface area (Å²) in [6, 6.07) is 7.99. The van der Waals surface area contributed by atoms with Gasteiger partial charge in [-0.3, -0.25) is 4.98 Å². The summed E-state index contributed by atoms with van der Waals surface area (Å²) in [5.74, 6) is 0. The van der Waals surface area contributed by atoms with Crippen LogP contribution in [0.5, 0.6) is 0 Å². The number of aromatic nitrogens is 1. The largest absolute Gasteiger partial charge is 0.383 e. The maximum atomic E-state index is 5.21. The molecule has 0 fully saturated rings. The maximum absolute atomic E-state index is 5.21. The summed E-state index contributed by atoms with van der Waals surface area (Å²) in [7, 11) is 1.66. The van der Waals surface area contributed by atoms with Crippen molar-refractivity contribution >= 4 is 33.8 Å². The number of methoxy groups -OCH3 is 1. The van der Waals surface area contributed by atoms with Gasteiger partial charge < -0.3 is 15.4 Å². The van der Waals surface area contributed by atoms with Gasteiger partial charge in [0.15, 0.2) is 5.11 Å². The highest BCUT2D eigenvalue weighted by Gasteiger charge is 2.02. The minimum Gasteiger partial charge on any atom is -0.383 e. The molecule has 0 bridgehead atoms. The maximum Gasteiger partial charge on any atom is 0.170 e. The summed E-state index contributed by atoms with van der Waals surface area (Å²) in [5, 5.41) is 9.01. The highest BCUT2D eigenvalue weighted by molar-refractivity contribution is 7.80. The second kappa shape index (κ2) is 6.28. The molecule has 1 aromatic heterocycles. The van der Waals surface area contributed by atoms with Crippen molar-refractivity contribution in [2.75, 3.05) is 25.6 Å². The van der Waals surface area contributed by atoms with Crippen molar-refractivity contribution in [2.45, 2.75) is 0 Å². The first-order valence-electron chi connectivity index (χ1n) is 5.68. The molecule has 0 saturated carbocycles. The van der Waals surface area contributed by atoms with E-state index in [4.69, 9.17) is 17.0 Å². The normalized spacial score (nSPS) is 10.3. The SMILES string of the molecule is COCCNC(=S)Nc1cccc2ccncc12. The Morgan fingerprint density at radius 1 is 1.39 bits per heavy atom. The van der Waals surface area contributed by atoms with Crippen LogP contribution >= 0.6 is 12.2 Å². The molecule has 2 aromatic rings. The van der Waals surface area contributed by atoms with Gasteiger partial charge in [0.05, 0.1) is 6.61 Å². The molecule has 1 heterocycles. The van der Waals surface area contributed by atoms with Crippen molar-refractivity contribution in [3.63, 3.8) is 0 Å². The molecule has 2 rings (SSSR count). The van der Waals surface area contributed by atoms with Crippen LogP contribution < -0.4 is 10.6 Å². The monoisotopic (exact) mass is 261 g/mol. The Bertz CT molecular complexity index is 539. The summed E-state index contributed by atoms with van der Waals surface area (Å²) >= 11 is 5.21. The third-order valence-electron chi connectivity index (χ3n) is 2.52. The fraction of sp³-hybridized carbons (Fsp3) is 0.231. The molecule has 1 aromatic carbocycles. The molecule has 0 radical (unpaired) electrons. The van der Waals surface area contributed by atoms with E-state index in [2.05, 4.69) is 15.6 Å². The lowest BCUT2D eigenvalue weighted by molar-refractivity contribution is 0.204. The van der Waals surface area contributed by atoms with Crippen LogP contribution in [0.2, 0.25) is 0 Å². The van der Waals surface area contributed by atoms with Crippen molar-refractivity contribution in [2.24, 2.45) is 0 Å². The number of fused-ring (bicyclic) bond motifs is 1. The summed E-state index contributed by atoms with van der Waals surface area (Å²) in [6.45, 7) is 1.31. The van der Waals surface area contributed by atoms with Gasteiger partial charge in [-0.25, -0.2) is 0 Å². The second-order valence-corrected chi connectivity index (χ2v) is 4.18. The minimum atomic E-state index is 0.586. The Hall–Kier alpha value is -1.72. The second-order valence-electron chi connectivity index (χ2n) is 3.78. The Kier molecular flexibility index (Phi) is 4.44. The van der Waals surface area contributed by atoms with E-state index in [0.717, 1.165) is 16.5 Å². The zero-order valence-electron chi connectivity index (χ0n) is 10.1. The smallest absolute Gasteiger partial charge is 0.170 e. The van der Waals surface area contributed by atoms with Gasteiger partial charge in [0, 0.05) is 37.1 Å². The third-order valence-corrected chi connectivity index (χ3v) is 2.77. The van der Waals surface area contributed by atoms with Gasteiger partial charge in [0.25, 0.3) is 0 Å². The van der Waals surface area contributed by atoms with Crippen molar-refractivity contribution in [1.29, 1.82) is 0 Å². The Labute approximate surface area is 111 Å². The number of nitrogens with zero attached hydrogens (tertiary/aromatic N) is 1.